The van der Waals surface area contributed by atoms with Gasteiger partial charge in [0.15, 0.2) is 0 Å². The number of hydrogen-bond donors (Lipinski definition) is 0. The first-order valence-electron chi connectivity index (χ1n) is 12.6. The van der Waals surface area contributed by atoms with E-state index in [1.165, 1.54) is 0 Å². The fourth-order valence-electron chi connectivity index (χ4n) is 1.87. The van der Waals surface area contributed by atoms with Gasteiger partial charge in [0.25, 0.3) is 0 Å². The van der Waals surface area contributed by atoms with E-state index in [-0.39, 0.29) is 19.5 Å². The Labute approximate surface area is 240 Å². The second-order valence-electron chi connectivity index (χ2n) is 7.70. The molecule has 0 unspecified atom stereocenters. The van der Waals surface area contributed by atoms with Crippen LogP contribution >= 0.6 is 45.4 Å². The number of hydrogen-bond acceptors (Lipinski definition) is 10. The Morgan fingerprint density at radius 1 is 0.432 bits per heavy atom. The van der Waals surface area contributed by atoms with Crippen LogP contribution in [-0.2, 0) is 55.2 Å². The van der Waals surface area contributed by atoms with Gasteiger partial charge in [0.2, 0.25) is 22.1 Å². The normalized spacial score (nSPS) is 12.7. The second-order valence-corrected chi connectivity index (χ2v) is 24.6. The zero-order chi connectivity index (χ0) is 29.3. The molecule has 37 heavy (non-hydrogen) atoms. The van der Waals surface area contributed by atoms with Crippen molar-refractivity contribution in [1.82, 2.24) is 0 Å². The fourth-order valence-corrected chi connectivity index (χ4v) is 11.0. The van der Waals surface area contributed by atoms with Crippen LogP contribution in [0.4, 0.5) is 0 Å². The molecule has 0 aromatic heterocycles. The molecule has 0 saturated carbocycles. The summed E-state index contributed by atoms with van der Waals surface area (Å²) in [6.07, 6.45) is 3.18. The van der Waals surface area contributed by atoms with E-state index in [1.807, 2.05) is 0 Å². The zero-order valence-electron chi connectivity index (χ0n) is 24.5. The Morgan fingerprint density at radius 2 is 0.595 bits per heavy atom. The van der Waals surface area contributed by atoms with E-state index in [9.17, 15) is 32.6 Å². The van der Waals surface area contributed by atoms with E-state index in [1.54, 1.807) is 69.2 Å². The first-order chi connectivity index (χ1) is 16.4. The topological polar surface area (TPSA) is 159 Å². The van der Waals surface area contributed by atoms with E-state index in [2.05, 4.69) is 0 Å². The molecule has 0 aromatic carbocycles. The van der Waals surface area contributed by atoms with Crippen LogP contribution in [0.25, 0.3) is 0 Å². The van der Waals surface area contributed by atoms with Crippen LogP contribution in [0.5, 0.6) is 0 Å². The third-order valence-corrected chi connectivity index (χ3v) is 20.3. The average molecular weight is 702 g/mol. The van der Waals surface area contributed by atoms with Crippen LogP contribution in [-0.4, -0.2) is 61.6 Å². The van der Waals surface area contributed by atoms with E-state index in [0.29, 0.717) is 61.6 Å². The van der Waals surface area contributed by atoms with Crippen molar-refractivity contribution < 1.29 is 65.0 Å². The van der Waals surface area contributed by atoms with Crippen molar-refractivity contribution in [2.24, 2.45) is 0 Å². The molecule has 0 rings (SSSR count). The minimum absolute atomic E-state index is 0. The first-order valence-corrected chi connectivity index (χ1v) is 23.7. The predicted molar refractivity (Wildman–Crippen MR) is 154 cm³/mol. The van der Waals surface area contributed by atoms with Gasteiger partial charge in [-0.05, 0) is 24.6 Å². The molecule has 0 aliphatic heterocycles. The Bertz CT molecular complexity index is 695. The molecule has 0 aliphatic rings. The Morgan fingerprint density at radius 3 is 0.676 bits per heavy atom. The molecule has 0 spiro atoms. The Kier molecular flexibility index (Phi) is 28.1. The molecule has 0 atom stereocenters. The maximum atomic E-state index is 12.5. The molecule has 0 aromatic rings. The molecular formula is C20H50O10P6Zn. The van der Waals surface area contributed by atoms with Crippen LogP contribution in [0, 0.1) is 0 Å². The van der Waals surface area contributed by atoms with Crippen LogP contribution in [0.15, 0.2) is 0 Å². The molecule has 0 N–H and O–H groups in total. The predicted octanol–water partition coefficient (Wildman–Crippen LogP) is 7.54. The van der Waals surface area contributed by atoms with Crippen molar-refractivity contribution >= 4 is 45.4 Å². The maximum absolute atomic E-state index is 12.5. The van der Waals surface area contributed by atoms with Gasteiger partial charge in [-0.25, -0.2) is 0 Å². The summed E-state index contributed by atoms with van der Waals surface area (Å²) < 4.78 is 75.1. The molecule has 0 fully saturated rings. The van der Waals surface area contributed by atoms with Gasteiger partial charge in [0.1, 0.15) is 0 Å². The molecule has 17 heteroatoms. The summed E-state index contributed by atoms with van der Waals surface area (Å²) in [7, 11) is -16.7. The van der Waals surface area contributed by atoms with Crippen molar-refractivity contribution in [3.63, 3.8) is 0 Å². The summed E-state index contributed by atoms with van der Waals surface area (Å²) in [4.78, 5) is 20.8. The van der Waals surface area contributed by atoms with Crippen LogP contribution < -0.4 is 9.79 Å². The molecule has 10 nitrogen and oxygen atoms in total. The maximum Gasteiger partial charge on any atom is 2.00 e. The molecule has 0 radical (unpaired) electrons. The quantitative estimate of drug-likeness (QED) is 0.116. The third-order valence-electron chi connectivity index (χ3n) is 5.46. The molecular weight excluding hydrogens is 651 g/mol. The van der Waals surface area contributed by atoms with Crippen LogP contribution in [0.2, 0.25) is 0 Å². The summed E-state index contributed by atoms with van der Waals surface area (Å²) in [5.41, 5.74) is 0. The van der Waals surface area contributed by atoms with Gasteiger partial charge in [-0.3, -0.25) is 26.6 Å². The largest absolute Gasteiger partial charge is 2.00 e. The summed E-state index contributed by atoms with van der Waals surface area (Å²) in [5.74, 6) is 0. The van der Waals surface area contributed by atoms with E-state index < -0.39 is 45.4 Å². The molecule has 222 valence electrons. The Balaban J connectivity index is -0.000000297. The van der Waals surface area contributed by atoms with Gasteiger partial charge in [-0.2, -0.15) is 0 Å². The standard InChI is InChI=1S/C12H30O6P4.2C4H11O2P.Zn/c1-7-20(13,8-2)16-19(17-21(14,9-3)10-4)18-22(15,11-5)12-6;2*1-3-7(5,6)4-2;/h7-12H2,1-6H3;2*3-4H2,1-2H3,(H,5,6);/q;;;+2/p-2. The minimum atomic E-state index is -2.91. The SMILES string of the molecule is CCP(=O)(CC)OP(OP(=O)(CC)CC)OP(=O)(CC)CC.CCP(=O)([O-])CC.CCP(=O)([O-])CC.[Zn+2]. The van der Waals surface area contributed by atoms with E-state index >= 15 is 0 Å². The van der Waals surface area contributed by atoms with Crippen LogP contribution in [0.3, 0.4) is 0 Å². The zero-order valence-corrected chi connectivity index (χ0v) is 32.9. The monoisotopic (exact) mass is 700 g/mol. The summed E-state index contributed by atoms with van der Waals surface area (Å²) >= 11 is 0. The van der Waals surface area contributed by atoms with Gasteiger partial charge in [0.05, 0.1) is 0 Å². The summed E-state index contributed by atoms with van der Waals surface area (Å²) in [5, 5.41) is 0. The van der Waals surface area contributed by atoms with Gasteiger partial charge in [0, 0.05) is 51.7 Å². The fraction of sp³-hybridized carbons (Fsp3) is 1.00. The minimum Gasteiger partial charge on any atom is -0.799 e. The molecule has 0 heterocycles. The van der Waals surface area contributed by atoms with Gasteiger partial charge in [-0.1, -0.05) is 69.2 Å². The molecule has 0 bridgehead atoms. The molecule has 0 amide bonds. The van der Waals surface area contributed by atoms with E-state index in [4.69, 9.17) is 12.9 Å². The van der Waals surface area contributed by atoms with E-state index in [0.717, 1.165) is 0 Å². The van der Waals surface area contributed by atoms with Gasteiger partial charge < -0.3 is 18.9 Å². The summed E-state index contributed by atoms with van der Waals surface area (Å²) in [6, 6.07) is 0. The molecule has 0 aliphatic carbocycles. The average Bonchev–Trinajstić information content (AvgIpc) is 2.88. The second kappa shape index (κ2) is 22.6. The Hall–Kier alpha value is 2.00. The van der Waals surface area contributed by atoms with Gasteiger partial charge >= 0.3 is 28.1 Å². The first kappa shape index (κ1) is 46.0. The van der Waals surface area contributed by atoms with Crippen molar-refractivity contribution in [1.29, 1.82) is 0 Å². The van der Waals surface area contributed by atoms with Gasteiger partial charge in [-0.15, -0.1) is 0 Å². The van der Waals surface area contributed by atoms with Crippen molar-refractivity contribution in [3.8, 4) is 0 Å². The van der Waals surface area contributed by atoms with Crippen molar-refractivity contribution in [3.05, 3.63) is 0 Å². The smallest absolute Gasteiger partial charge is 0.799 e. The third kappa shape index (κ3) is 22.3. The number of rotatable bonds is 16. The van der Waals surface area contributed by atoms with Crippen molar-refractivity contribution in [2.75, 3.05) is 61.6 Å². The summed E-state index contributed by atoms with van der Waals surface area (Å²) in [6.45, 7) is 17.2. The van der Waals surface area contributed by atoms with Crippen LogP contribution in [0.1, 0.15) is 69.2 Å². The molecule has 0 saturated heterocycles. The van der Waals surface area contributed by atoms with Crippen molar-refractivity contribution in [2.45, 2.75) is 69.2 Å².